The van der Waals surface area contributed by atoms with Gasteiger partial charge in [0.25, 0.3) is 0 Å². The number of nitrogens with zero attached hydrogens (tertiary/aromatic N) is 5. The molecule has 1 aromatic heterocycles. The van der Waals surface area contributed by atoms with E-state index in [0.717, 1.165) is 31.9 Å². The molecule has 0 spiro atoms. The molecule has 0 aliphatic carbocycles. The predicted octanol–water partition coefficient (Wildman–Crippen LogP) is 4.85. The van der Waals surface area contributed by atoms with Crippen molar-refractivity contribution in [2.45, 2.75) is 44.7 Å². The number of ether oxygens (including phenoxy) is 3. The lowest BCUT2D eigenvalue weighted by Crippen LogP contribution is -2.49. The number of aromatic nitrogens is 3. The molecule has 5 rings (SSSR count). The molecule has 0 N–H and O–H groups in total. The van der Waals surface area contributed by atoms with Gasteiger partial charge in [-0.3, -0.25) is 4.90 Å². The minimum absolute atomic E-state index is 0.288. The molecule has 2 aliphatic heterocycles. The molecule has 3 aromatic rings. The van der Waals surface area contributed by atoms with Gasteiger partial charge in [-0.25, -0.2) is 9.67 Å². The van der Waals surface area contributed by atoms with Gasteiger partial charge in [0.1, 0.15) is 37.7 Å². The van der Waals surface area contributed by atoms with Crippen molar-refractivity contribution in [2.24, 2.45) is 0 Å². The highest BCUT2D eigenvalue weighted by Crippen LogP contribution is 2.40. The first kappa shape index (κ1) is 26.3. The smallest absolute Gasteiger partial charge is 0.217 e. The molecule has 37 heavy (non-hydrogen) atoms. The predicted molar refractivity (Wildman–Crippen MR) is 144 cm³/mol. The number of hydrogen-bond donors (Lipinski definition) is 0. The van der Waals surface area contributed by atoms with Crippen LogP contribution < -0.4 is 9.64 Å². The van der Waals surface area contributed by atoms with Crippen molar-refractivity contribution in [2.75, 3.05) is 44.3 Å². The number of piperazine rings is 1. The minimum Gasteiger partial charge on any atom is -0.491 e. The van der Waals surface area contributed by atoms with E-state index in [2.05, 4.69) is 45.9 Å². The number of anilines is 1. The average molecular weight is 546 g/mol. The Morgan fingerprint density at radius 3 is 2.57 bits per heavy atom. The van der Waals surface area contributed by atoms with Crippen molar-refractivity contribution < 1.29 is 14.2 Å². The molecule has 2 aliphatic rings. The third-order valence-electron chi connectivity index (χ3n) is 7.20. The molecule has 0 amide bonds. The van der Waals surface area contributed by atoms with Gasteiger partial charge < -0.3 is 19.1 Å². The molecular weight excluding hydrogens is 513 g/mol. The van der Waals surface area contributed by atoms with Gasteiger partial charge in [0.2, 0.25) is 5.79 Å². The average Bonchev–Trinajstić information content (AvgIpc) is 3.58. The van der Waals surface area contributed by atoms with Crippen LogP contribution in [0.4, 0.5) is 5.69 Å². The van der Waals surface area contributed by atoms with Gasteiger partial charge in [-0.05, 0) is 49.7 Å². The highest BCUT2D eigenvalue weighted by molar-refractivity contribution is 6.35. The fourth-order valence-electron chi connectivity index (χ4n) is 4.90. The van der Waals surface area contributed by atoms with Gasteiger partial charge in [-0.15, -0.1) is 0 Å². The van der Waals surface area contributed by atoms with E-state index in [9.17, 15) is 0 Å². The summed E-state index contributed by atoms with van der Waals surface area (Å²) in [6.45, 7) is 9.83. The van der Waals surface area contributed by atoms with E-state index in [1.165, 1.54) is 18.4 Å². The van der Waals surface area contributed by atoms with Crippen molar-refractivity contribution in [3.8, 4) is 5.75 Å². The summed E-state index contributed by atoms with van der Waals surface area (Å²) >= 11 is 12.7. The third-order valence-corrected chi connectivity index (χ3v) is 7.75. The highest BCUT2D eigenvalue weighted by Gasteiger charge is 2.45. The van der Waals surface area contributed by atoms with Gasteiger partial charge in [0.15, 0.2) is 0 Å². The topological polar surface area (TPSA) is 64.9 Å². The monoisotopic (exact) mass is 545 g/mol. The van der Waals surface area contributed by atoms with Crippen molar-refractivity contribution in [1.29, 1.82) is 0 Å². The van der Waals surface area contributed by atoms with E-state index in [-0.39, 0.29) is 6.10 Å². The summed E-state index contributed by atoms with van der Waals surface area (Å²) in [5.74, 6) is -0.325. The van der Waals surface area contributed by atoms with Gasteiger partial charge in [-0.1, -0.05) is 36.2 Å². The molecule has 2 aromatic carbocycles. The van der Waals surface area contributed by atoms with Gasteiger partial charge >= 0.3 is 0 Å². The van der Waals surface area contributed by atoms with Crippen LogP contribution in [0.25, 0.3) is 0 Å². The summed E-state index contributed by atoms with van der Waals surface area (Å²) in [6.07, 6.45) is 4.00. The first-order chi connectivity index (χ1) is 18.0. The van der Waals surface area contributed by atoms with Crippen LogP contribution in [0.2, 0.25) is 10.0 Å². The lowest BCUT2D eigenvalue weighted by molar-refractivity contribution is -0.190. The van der Waals surface area contributed by atoms with Crippen LogP contribution in [-0.4, -0.2) is 71.2 Å². The molecular formula is C27H33Cl2N5O3. The van der Waals surface area contributed by atoms with Crippen LogP contribution in [0.15, 0.2) is 55.1 Å². The van der Waals surface area contributed by atoms with Gasteiger partial charge in [0, 0.05) is 48.5 Å². The normalized spacial score (nSPS) is 23.4. The lowest BCUT2D eigenvalue weighted by atomic mass is 10.1. The molecule has 8 nitrogen and oxygen atoms in total. The van der Waals surface area contributed by atoms with Crippen molar-refractivity contribution in [3.05, 3.63) is 70.7 Å². The van der Waals surface area contributed by atoms with Crippen LogP contribution in [-0.2, 0) is 21.8 Å². The van der Waals surface area contributed by atoms with E-state index in [0.29, 0.717) is 41.4 Å². The molecule has 2 saturated heterocycles. The van der Waals surface area contributed by atoms with Crippen molar-refractivity contribution >= 4 is 28.9 Å². The van der Waals surface area contributed by atoms with E-state index in [1.807, 2.05) is 18.2 Å². The second kappa shape index (κ2) is 11.6. The zero-order chi connectivity index (χ0) is 25.8. The molecule has 10 heteroatoms. The first-order valence-corrected chi connectivity index (χ1v) is 13.5. The third kappa shape index (κ3) is 6.04. The lowest BCUT2D eigenvalue weighted by Gasteiger charge is -2.39. The standard InChI is InChI=1S/C27H33Cl2N5O3/c1-3-20(2)32-10-12-33(13-11-32)22-5-7-23(8-6-22)35-15-24-16-36-27(37-24,17-34-19-30-18-31-34)25-9-4-21(28)14-26(25)29/h4-9,14,18-20,24H,3,10-13,15-17H2,1-2H3/t20-,24?,27-/m0/s1. The Labute approximate surface area is 228 Å². The highest BCUT2D eigenvalue weighted by atomic mass is 35.5. The van der Waals surface area contributed by atoms with E-state index in [4.69, 9.17) is 37.4 Å². The molecule has 0 saturated carbocycles. The van der Waals surface area contributed by atoms with Crippen molar-refractivity contribution in [1.82, 2.24) is 19.7 Å². The van der Waals surface area contributed by atoms with Gasteiger partial charge in [0.05, 0.1) is 11.6 Å². The fraction of sp³-hybridized carbons (Fsp3) is 0.481. The van der Waals surface area contributed by atoms with E-state index < -0.39 is 5.79 Å². The Balaban J connectivity index is 1.20. The number of rotatable bonds is 9. The molecule has 1 unspecified atom stereocenters. The second-order valence-electron chi connectivity index (χ2n) is 9.61. The first-order valence-electron chi connectivity index (χ1n) is 12.8. The quantitative estimate of drug-likeness (QED) is 0.380. The van der Waals surface area contributed by atoms with Crippen LogP contribution in [0, 0.1) is 0 Å². The van der Waals surface area contributed by atoms with E-state index >= 15 is 0 Å². The molecule has 198 valence electrons. The SMILES string of the molecule is CC[C@H](C)N1CCN(c2ccc(OCC3CO[C@](Cn4cncn4)(c4ccc(Cl)cc4Cl)O3)cc2)CC1. The number of halogens is 2. The summed E-state index contributed by atoms with van der Waals surface area (Å²) in [6, 6.07) is 14.2. The van der Waals surface area contributed by atoms with Crippen molar-refractivity contribution in [3.63, 3.8) is 0 Å². The maximum Gasteiger partial charge on any atom is 0.217 e. The Morgan fingerprint density at radius 2 is 1.89 bits per heavy atom. The zero-order valence-electron chi connectivity index (χ0n) is 21.2. The summed E-state index contributed by atoms with van der Waals surface area (Å²) in [5, 5.41) is 5.23. The maximum atomic E-state index is 6.54. The van der Waals surface area contributed by atoms with Gasteiger partial charge in [-0.2, -0.15) is 5.10 Å². The maximum absolute atomic E-state index is 6.54. The second-order valence-corrected chi connectivity index (χ2v) is 10.4. The minimum atomic E-state index is -1.12. The summed E-state index contributed by atoms with van der Waals surface area (Å²) < 4.78 is 20.4. The largest absolute Gasteiger partial charge is 0.491 e. The Kier molecular flexibility index (Phi) is 8.21. The number of hydrogen-bond acceptors (Lipinski definition) is 7. The molecule has 3 atom stereocenters. The Bertz CT molecular complexity index is 1160. The van der Waals surface area contributed by atoms with E-state index in [1.54, 1.807) is 23.1 Å². The molecule has 2 fully saturated rings. The van der Waals surface area contributed by atoms with Crippen LogP contribution >= 0.6 is 23.2 Å². The molecule has 0 radical (unpaired) electrons. The Hall–Kier alpha value is -2.36. The summed E-state index contributed by atoms with van der Waals surface area (Å²) in [7, 11) is 0. The zero-order valence-corrected chi connectivity index (χ0v) is 22.7. The van der Waals surface area contributed by atoms with Crippen LogP contribution in [0.3, 0.4) is 0 Å². The molecule has 3 heterocycles. The summed E-state index contributed by atoms with van der Waals surface area (Å²) in [4.78, 5) is 9.04. The fourth-order valence-corrected chi connectivity index (χ4v) is 5.46. The number of benzene rings is 2. The van der Waals surface area contributed by atoms with Crippen LogP contribution in [0.5, 0.6) is 5.75 Å². The molecule has 0 bridgehead atoms. The summed E-state index contributed by atoms with van der Waals surface area (Å²) in [5.41, 5.74) is 1.91. The van der Waals surface area contributed by atoms with Crippen LogP contribution in [0.1, 0.15) is 25.8 Å². The Morgan fingerprint density at radius 1 is 1.11 bits per heavy atom.